The maximum absolute atomic E-state index is 12.9. The summed E-state index contributed by atoms with van der Waals surface area (Å²) in [5, 5.41) is 0. The molecule has 2 aliphatic rings. The summed E-state index contributed by atoms with van der Waals surface area (Å²) in [5.41, 5.74) is 5.86. The first-order valence-electron chi connectivity index (χ1n) is 9.59. The van der Waals surface area contributed by atoms with Crippen LogP contribution in [0.4, 0.5) is 0 Å². The van der Waals surface area contributed by atoms with E-state index in [1.165, 1.54) is 12.1 Å². The Hall–Kier alpha value is -1.19. The molecule has 1 aromatic carbocycles. The van der Waals surface area contributed by atoms with Crippen molar-refractivity contribution >= 4 is 28.3 Å². The number of nitrogens with zero attached hydrogens (tertiary/aromatic N) is 1. The van der Waals surface area contributed by atoms with E-state index in [0.29, 0.717) is 31.9 Å². The smallest absolute Gasteiger partial charge is 0.254 e. The van der Waals surface area contributed by atoms with E-state index in [2.05, 4.69) is 11.6 Å². The summed E-state index contributed by atoms with van der Waals surface area (Å²) in [4.78, 5) is 14.4. The van der Waals surface area contributed by atoms with Crippen molar-refractivity contribution in [1.82, 2.24) is 9.62 Å². The normalized spacial score (nSPS) is 25.8. The monoisotopic (exact) mass is 431 g/mol. The van der Waals surface area contributed by atoms with E-state index in [4.69, 9.17) is 10.5 Å². The number of amides is 1. The predicted molar refractivity (Wildman–Crippen MR) is 110 cm³/mol. The number of hydrogen-bond acceptors (Lipinski definition) is 5. The number of ether oxygens (including phenoxy) is 1. The lowest BCUT2D eigenvalue weighted by Crippen LogP contribution is -2.58. The number of carbonyl (C=O) groups excluding carboxylic acids is 1. The minimum atomic E-state index is -3.71. The van der Waals surface area contributed by atoms with Crippen molar-refractivity contribution in [3.05, 3.63) is 29.8 Å². The molecular formula is C19H30ClN3O4S. The minimum Gasteiger partial charge on any atom is -0.378 e. The number of carbonyl (C=O) groups is 1. The van der Waals surface area contributed by atoms with Gasteiger partial charge in [0.15, 0.2) is 0 Å². The van der Waals surface area contributed by atoms with Gasteiger partial charge in [0, 0.05) is 30.7 Å². The molecule has 2 atom stereocenters. The van der Waals surface area contributed by atoms with E-state index < -0.39 is 15.6 Å². The van der Waals surface area contributed by atoms with Crippen molar-refractivity contribution in [1.29, 1.82) is 0 Å². The molecule has 3 rings (SSSR count). The molecule has 1 heterocycles. The van der Waals surface area contributed by atoms with E-state index in [1.54, 1.807) is 17.0 Å². The lowest BCUT2D eigenvalue weighted by Gasteiger charge is -2.42. The first-order chi connectivity index (χ1) is 12.9. The Labute approximate surface area is 173 Å². The first-order valence-corrected chi connectivity index (χ1v) is 11.1. The quantitative estimate of drug-likeness (QED) is 0.739. The van der Waals surface area contributed by atoms with Crippen LogP contribution in [-0.2, 0) is 14.8 Å². The highest BCUT2D eigenvalue weighted by atomic mass is 35.5. The topological polar surface area (TPSA) is 102 Å². The van der Waals surface area contributed by atoms with E-state index >= 15 is 0 Å². The van der Waals surface area contributed by atoms with Crippen LogP contribution in [-0.4, -0.2) is 57.6 Å². The number of rotatable bonds is 5. The maximum Gasteiger partial charge on any atom is 0.254 e. The van der Waals surface area contributed by atoms with E-state index in [9.17, 15) is 13.2 Å². The van der Waals surface area contributed by atoms with Gasteiger partial charge in [-0.05, 0) is 43.0 Å². The predicted octanol–water partition coefficient (Wildman–Crippen LogP) is 1.77. The largest absolute Gasteiger partial charge is 0.378 e. The van der Waals surface area contributed by atoms with Gasteiger partial charge < -0.3 is 15.4 Å². The van der Waals surface area contributed by atoms with Gasteiger partial charge in [-0.1, -0.05) is 19.8 Å². The molecule has 0 aromatic heterocycles. The minimum absolute atomic E-state index is 0. The van der Waals surface area contributed by atoms with Crippen LogP contribution >= 0.6 is 12.4 Å². The number of nitrogens with one attached hydrogen (secondary N) is 1. The third kappa shape index (κ3) is 4.86. The molecule has 0 spiro atoms. The fraction of sp³-hybridized carbons (Fsp3) is 0.632. The summed E-state index contributed by atoms with van der Waals surface area (Å²) in [6.45, 7) is 4.50. The summed E-state index contributed by atoms with van der Waals surface area (Å²) in [7, 11) is -3.71. The van der Waals surface area contributed by atoms with Gasteiger partial charge in [0.25, 0.3) is 5.91 Å². The second-order valence-corrected chi connectivity index (χ2v) is 9.22. The molecule has 3 N–H and O–H groups in total. The fourth-order valence-electron chi connectivity index (χ4n) is 3.96. The van der Waals surface area contributed by atoms with Crippen LogP contribution in [0.2, 0.25) is 0 Å². The lowest BCUT2D eigenvalue weighted by atomic mass is 9.74. The second kappa shape index (κ2) is 9.54. The summed E-state index contributed by atoms with van der Waals surface area (Å²) < 4.78 is 34.0. The summed E-state index contributed by atoms with van der Waals surface area (Å²) in [5.74, 6) is 0.0859. The van der Waals surface area contributed by atoms with Gasteiger partial charge in [-0.15, -0.1) is 12.4 Å². The number of benzene rings is 1. The SMILES string of the molecule is CC1CCCCC1(CN)NS(=O)(=O)c1ccc(C(=O)N2CCOCC2)cc1.Cl. The Balaban J connectivity index is 0.00000280. The van der Waals surface area contributed by atoms with Crippen molar-refractivity contribution in [2.45, 2.75) is 43.0 Å². The van der Waals surface area contributed by atoms with E-state index in [1.807, 2.05) is 0 Å². The number of halogens is 1. The van der Waals surface area contributed by atoms with Crippen LogP contribution in [0.5, 0.6) is 0 Å². The highest BCUT2D eigenvalue weighted by Gasteiger charge is 2.40. The molecule has 7 nitrogen and oxygen atoms in total. The molecule has 2 unspecified atom stereocenters. The molecule has 1 aromatic rings. The van der Waals surface area contributed by atoms with Crippen molar-refractivity contribution < 1.29 is 17.9 Å². The summed E-state index contributed by atoms with van der Waals surface area (Å²) in [6, 6.07) is 6.14. The zero-order valence-corrected chi connectivity index (χ0v) is 17.9. The van der Waals surface area contributed by atoms with E-state index in [0.717, 1.165) is 25.7 Å². The Morgan fingerprint density at radius 2 is 1.89 bits per heavy atom. The van der Waals surface area contributed by atoms with Crippen LogP contribution in [0.1, 0.15) is 43.0 Å². The van der Waals surface area contributed by atoms with Crippen molar-refractivity contribution in [3.8, 4) is 0 Å². The molecule has 1 aliphatic carbocycles. The number of morpholine rings is 1. The Kier molecular flexibility index (Phi) is 7.87. The molecule has 1 aliphatic heterocycles. The first kappa shape index (κ1) is 23.1. The standard InChI is InChI=1S/C19H29N3O4S.ClH/c1-15-4-2-3-9-19(15,14-20)21-27(24,25)17-7-5-16(6-8-17)18(23)22-10-12-26-13-11-22;/h5-8,15,21H,2-4,9-14,20H2,1H3;1H. The highest BCUT2D eigenvalue weighted by molar-refractivity contribution is 7.89. The highest BCUT2D eigenvalue weighted by Crippen LogP contribution is 2.34. The number of sulfonamides is 1. The van der Waals surface area contributed by atoms with Crippen molar-refractivity contribution in [3.63, 3.8) is 0 Å². The molecule has 0 bridgehead atoms. The molecule has 1 saturated heterocycles. The van der Waals surface area contributed by atoms with Crippen LogP contribution in [0.25, 0.3) is 0 Å². The van der Waals surface area contributed by atoms with Gasteiger partial charge in [0.05, 0.1) is 18.1 Å². The molecule has 28 heavy (non-hydrogen) atoms. The van der Waals surface area contributed by atoms with Crippen molar-refractivity contribution in [2.75, 3.05) is 32.8 Å². The van der Waals surface area contributed by atoms with Gasteiger partial charge in [-0.25, -0.2) is 13.1 Å². The Morgan fingerprint density at radius 1 is 1.25 bits per heavy atom. The zero-order chi connectivity index (χ0) is 19.5. The summed E-state index contributed by atoms with van der Waals surface area (Å²) in [6.07, 6.45) is 3.78. The van der Waals surface area contributed by atoms with Gasteiger partial charge in [-0.2, -0.15) is 0 Å². The van der Waals surface area contributed by atoms with Crippen LogP contribution in [0, 0.1) is 5.92 Å². The van der Waals surface area contributed by atoms with Gasteiger partial charge in [0.1, 0.15) is 0 Å². The lowest BCUT2D eigenvalue weighted by molar-refractivity contribution is 0.0303. The summed E-state index contributed by atoms with van der Waals surface area (Å²) >= 11 is 0. The fourth-order valence-corrected chi connectivity index (χ4v) is 5.50. The van der Waals surface area contributed by atoms with Crippen LogP contribution in [0.15, 0.2) is 29.2 Å². The van der Waals surface area contributed by atoms with Crippen LogP contribution < -0.4 is 10.5 Å². The molecule has 158 valence electrons. The van der Waals surface area contributed by atoms with Crippen LogP contribution in [0.3, 0.4) is 0 Å². The van der Waals surface area contributed by atoms with Gasteiger partial charge in [0.2, 0.25) is 10.0 Å². The zero-order valence-electron chi connectivity index (χ0n) is 16.2. The average molecular weight is 432 g/mol. The second-order valence-electron chi connectivity index (χ2n) is 7.54. The molecule has 1 amide bonds. The molecule has 0 radical (unpaired) electrons. The number of hydrogen-bond donors (Lipinski definition) is 2. The molecule has 9 heteroatoms. The third-order valence-corrected chi connectivity index (χ3v) is 7.43. The maximum atomic E-state index is 12.9. The Bertz CT molecular complexity index is 766. The molecule has 1 saturated carbocycles. The average Bonchev–Trinajstić information content (AvgIpc) is 2.70. The Morgan fingerprint density at radius 3 is 2.46 bits per heavy atom. The van der Waals surface area contributed by atoms with Gasteiger partial charge >= 0.3 is 0 Å². The number of nitrogens with two attached hydrogens (primary N) is 1. The molecular weight excluding hydrogens is 402 g/mol. The van der Waals surface area contributed by atoms with Gasteiger partial charge in [-0.3, -0.25) is 4.79 Å². The molecule has 2 fully saturated rings. The van der Waals surface area contributed by atoms with Crippen molar-refractivity contribution in [2.24, 2.45) is 11.7 Å². The third-order valence-electron chi connectivity index (χ3n) is 5.87. The van der Waals surface area contributed by atoms with E-state index in [-0.39, 0.29) is 35.7 Å².